The number of para-hydroxylation sites is 1. The summed E-state index contributed by atoms with van der Waals surface area (Å²) < 4.78 is 27.1. The van der Waals surface area contributed by atoms with Crippen LogP contribution >= 0.6 is 11.6 Å². The first-order valence-electron chi connectivity index (χ1n) is 10.5. The monoisotopic (exact) mass is 448 g/mol. The number of carbonyl (C=O) groups excluding carboxylic acids is 1. The van der Waals surface area contributed by atoms with Crippen molar-refractivity contribution in [2.45, 2.75) is 45.3 Å². The van der Waals surface area contributed by atoms with Crippen LogP contribution in [-0.4, -0.2) is 31.7 Å². The number of aryl methyl sites for hydroxylation is 2. The minimum Gasteiger partial charge on any atom is -0.325 e. The molecule has 0 atom stereocenters. The molecule has 1 saturated heterocycles. The van der Waals surface area contributed by atoms with E-state index in [-0.39, 0.29) is 17.6 Å². The molecule has 1 aliphatic rings. The lowest BCUT2D eigenvalue weighted by atomic mass is 9.96. The molecule has 1 fully saturated rings. The first-order chi connectivity index (χ1) is 14.4. The molecule has 5 nitrogen and oxygen atoms in total. The number of nitrogens with zero attached hydrogens (tertiary/aromatic N) is 1. The minimum atomic E-state index is -3.47. The summed E-state index contributed by atoms with van der Waals surface area (Å²) in [5.41, 5.74) is 3.77. The highest BCUT2D eigenvalue weighted by Gasteiger charge is 2.31. The molecule has 1 N–H and O–H groups in total. The Labute approximate surface area is 184 Å². The van der Waals surface area contributed by atoms with Crippen molar-refractivity contribution >= 4 is 33.2 Å². The molecule has 0 saturated carbocycles. The van der Waals surface area contributed by atoms with Crippen molar-refractivity contribution in [2.24, 2.45) is 5.92 Å². The maximum absolute atomic E-state index is 12.9. The van der Waals surface area contributed by atoms with Crippen LogP contribution in [0.15, 0.2) is 42.5 Å². The van der Waals surface area contributed by atoms with Gasteiger partial charge in [-0.05, 0) is 48.4 Å². The van der Waals surface area contributed by atoms with E-state index in [1.54, 1.807) is 24.3 Å². The second kappa shape index (κ2) is 9.94. The fraction of sp³-hybridized carbons (Fsp3) is 0.435. The van der Waals surface area contributed by atoms with Crippen LogP contribution in [-0.2, 0) is 33.4 Å². The van der Waals surface area contributed by atoms with Gasteiger partial charge in [0.1, 0.15) is 0 Å². The average Bonchev–Trinajstić information content (AvgIpc) is 2.75. The molecule has 2 aromatic carbocycles. The van der Waals surface area contributed by atoms with E-state index >= 15 is 0 Å². The smallest absolute Gasteiger partial charge is 0.227 e. The van der Waals surface area contributed by atoms with E-state index in [1.807, 2.05) is 18.2 Å². The third kappa shape index (κ3) is 5.23. The van der Waals surface area contributed by atoms with Crippen LogP contribution in [0.25, 0.3) is 0 Å². The normalized spacial score (nSPS) is 15.8. The van der Waals surface area contributed by atoms with E-state index in [0.29, 0.717) is 36.5 Å². The van der Waals surface area contributed by atoms with E-state index in [1.165, 1.54) is 4.31 Å². The zero-order valence-electron chi connectivity index (χ0n) is 17.5. The summed E-state index contributed by atoms with van der Waals surface area (Å²) in [6.45, 7) is 4.85. The molecule has 1 heterocycles. The van der Waals surface area contributed by atoms with Crippen molar-refractivity contribution in [2.75, 3.05) is 18.4 Å². The molecular weight excluding hydrogens is 420 g/mol. The Morgan fingerprint density at radius 3 is 2.13 bits per heavy atom. The third-order valence-electron chi connectivity index (χ3n) is 5.76. The van der Waals surface area contributed by atoms with Gasteiger partial charge in [-0.2, -0.15) is 0 Å². The molecule has 0 spiro atoms. The Kier molecular flexibility index (Phi) is 7.55. The van der Waals surface area contributed by atoms with Crippen molar-refractivity contribution < 1.29 is 13.2 Å². The van der Waals surface area contributed by atoms with Crippen LogP contribution < -0.4 is 5.32 Å². The first-order valence-corrected chi connectivity index (χ1v) is 12.5. The van der Waals surface area contributed by atoms with Gasteiger partial charge >= 0.3 is 0 Å². The Hall–Kier alpha value is -1.89. The molecule has 30 heavy (non-hydrogen) atoms. The van der Waals surface area contributed by atoms with E-state index < -0.39 is 10.0 Å². The van der Waals surface area contributed by atoms with Crippen LogP contribution in [0.1, 0.15) is 43.4 Å². The summed E-state index contributed by atoms with van der Waals surface area (Å²) in [5.74, 6) is -0.326. The Morgan fingerprint density at radius 2 is 1.57 bits per heavy atom. The van der Waals surface area contributed by atoms with Crippen molar-refractivity contribution in [3.8, 4) is 0 Å². The molecule has 162 valence electrons. The predicted octanol–water partition coefficient (Wildman–Crippen LogP) is 4.65. The molecule has 0 aromatic heterocycles. The summed E-state index contributed by atoms with van der Waals surface area (Å²) in [4.78, 5) is 12.9. The van der Waals surface area contributed by atoms with Crippen LogP contribution in [0.5, 0.6) is 0 Å². The molecule has 0 bridgehead atoms. The number of benzene rings is 2. The van der Waals surface area contributed by atoms with Gasteiger partial charge in [-0.3, -0.25) is 4.79 Å². The molecule has 0 radical (unpaired) electrons. The third-order valence-corrected chi connectivity index (χ3v) is 7.96. The number of amides is 1. The number of carbonyl (C=O) groups is 1. The van der Waals surface area contributed by atoms with Crippen LogP contribution in [0.2, 0.25) is 5.02 Å². The molecular formula is C23H29ClN2O3S. The van der Waals surface area contributed by atoms with Gasteiger partial charge in [0.2, 0.25) is 15.9 Å². The Morgan fingerprint density at radius 1 is 1.00 bits per heavy atom. The van der Waals surface area contributed by atoms with Crippen molar-refractivity contribution in [1.29, 1.82) is 0 Å². The van der Waals surface area contributed by atoms with Crippen molar-refractivity contribution in [3.05, 3.63) is 64.2 Å². The van der Waals surface area contributed by atoms with E-state index in [4.69, 9.17) is 11.6 Å². The highest BCUT2D eigenvalue weighted by Crippen LogP contribution is 2.27. The molecule has 2 aromatic rings. The van der Waals surface area contributed by atoms with Gasteiger partial charge in [-0.15, -0.1) is 0 Å². The van der Waals surface area contributed by atoms with Gasteiger partial charge < -0.3 is 5.32 Å². The highest BCUT2D eigenvalue weighted by atomic mass is 35.5. The molecule has 3 rings (SSSR count). The number of rotatable bonds is 7. The topological polar surface area (TPSA) is 66.5 Å². The molecule has 0 aliphatic carbocycles. The maximum Gasteiger partial charge on any atom is 0.227 e. The van der Waals surface area contributed by atoms with Gasteiger partial charge in [0, 0.05) is 29.7 Å². The average molecular weight is 449 g/mol. The minimum absolute atomic E-state index is 0.0197. The number of hydrogen-bond acceptors (Lipinski definition) is 3. The molecule has 1 amide bonds. The zero-order chi connectivity index (χ0) is 21.7. The van der Waals surface area contributed by atoms with E-state index in [0.717, 1.165) is 29.7 Å². The van der Waals surface area contributed by atoms with Gasteiger partial charge in [0.05, 0.1) is 5.75 Å². The van der Waals surface area contributed by atoms with Crippen molar-refractivity contribution in [1.82, 2.24) is 4.31 Å². The number of sulfonamides is 1. The second-order valence-corrected chi connectivity index (χ2v) is 10.0. The summed E-state index contributed by atoms with van der Waals surface area (Å²) in [5, 5.41) is 3.58. The van der Waals surface area contributed by atoms with Gasteiger partial charge in [-0.25, -0.2) is 12.7 Å². The quantitative estimate of drug-likeness (QED) is 0.670. The lowest BCUT2D eigenvalue weighted by Gasteiger charge is -2.31. The number of piperidine rings is 1. The summed E-state index contributed by atoms with van der Waals surface area (Å²) in [7, 11) is -3.47. The van der Waals surface area contributed by atoms with E-state index in [9.17, 15) is 13.2 Å². The van der Waals surface area contributed by atoms with Gasteiger partial charge in [-0.1, -0.05) is 61.8 Å². The summed E-state index contributed by atoms with van der Waals surface area (Å²) in [6.07, 6.45) is 2.73. The highest BCUT2D eigenvalue weighted by molar-refractivity contribution is 7.88. The van der Waals surface area contributed by atoms with E-state index in [2.05, 4.69) is 19.2 Å². The number of anilines is 1. The second-order valence-electron chi connectivity index (χ2n) is 7.67. The standard InChI is InChI=1S/C23H29ClN2O3S/c1-3-17-9-7-10-18(4-2)22(17)25-23(27)19-12-14-26(15-13-19)30(28,29)16-20-8-5-6-11-21(20)24/h5-11,19H,3-4,12-16H2,1-2H3,(H,25,27). The Balaban J connectivity index is 1.63. The summed E-state index contributed by atoms with van der Waals surface area (Å²) in [6, 6.07) is 13.1. The molecule has 7 heteroatoms. The lowest BCUT2D eigenvalue weighted by Crippen LogP contribution is -2.42. The SMILES string of the molecule is CCc1cccc(CC)c1NC(=O)C1CCN(S(=O)(=O)Cc2ccccc2Cl)CC1. The Bertz CT molecular complexity index is 977. The van der Waals surface area contributed by atoms with Gasteiger partial charge in [0.25, 0.3) is 0 Å². The summed E-state index contributed by atoms with van der Waals surface area (Å²) >= 11 is 6.12. The number of halogens is 1. The number of nitrogens with one attached hydrogen (secondary N) is 1. The first kappa shape index (κ1) is 22.8. The van der Waals surface area contributed by atoms with Crippen LogP contribution in [0, 0.1) is 5.92 Å². The van der Waals surface area contributed by atoms with Crippen LogP contribution in [0.3, 0.4) is 0 Å². The van der Waals surface area contributed by atoms with Crippen molar-refractivity contribution in [3.63, 3.8) is 0 Å². The number of hydrogen-bond donors (Lipinski definition) is 1. The van der Waals surface area contributed by atoms with Gasteiger partial charge in [0.15, 0.2) is 0 Å². The largest absolute Gasteiger partial charge is 0.325 e. The predicted molar refractivity (Wildman–Crippen MR) is 122 cm³/mol. The van der Waals surface area contributed by atoms with Crippen LogP contribution in [0.4, 0.5) is 5.69 Å². The lowest BCUT2D eigenvalue weighted by molar-refractivity contribution is -0.120. The molecule has 1 aliphatic heterocycles. The fourth-order valence-corrected chi connectivity index (χ4v) is 5.80. The fourth-order valence-electron chi connectivity index (χ4n) is 3.93. The molecule has 0 unspecified atom stereocenters. The zero-order valence-corrected chi connectivity index (χ0v) is 19.1. The maximum atomic E-state index is 12.9.